The molecular formula is C15H21N. The standard InChI is InChI=1S/C13H15N.C2H6/c1-9(2)11-4-5-13-12(7-11)6-10(3)8-14-13;1-2/h4-9H,1-3H3;1-2H3. The first kappa shape index (κ1) is 12.7. The van der Waals surface area contributed by atoms with Gasteiger partial charge in [0.15, 0.2) is 0 Å². The highest BCUT2D eigenvalue weighted by atomic mass is 14.6. The smallest absolute Gasteiger partial charge is 0.0702 e. The summed E-state index contributed by atoms with van der Waals surface area (Å²) in [5, 5.41) is 1.25. The third-order valence-electron chi connectivity index (χ3n) is 2.51. The largest absolute Gasteiger partial charge is 0.256 e. The molecular weight excluding hydrogens is 194 g/mol. The van der Waals surface area contributed by atoms with Crippen LogP contribution in [-0.2, 0) is 0 Å². The maximum Gasteiger partial charge on any atom is 0.0702 e. The third kappa shape index (κ3) is 2.82. The Bertz CT molecular complexity index is 458. The summed E-state index contributed by atoms with van der Waals surface area (Å²) < 4.78 is 0. The van der Waals surface area contributed by atoms with Crippen LogP contribution in [0.2, 0.25) is 0 Å². The Morgan fingerprint density at radius 3 is 2.38 bits per heavy atom. The summed E-state index contributed by atoms with van der Waals surface area (Å²) in [5.41, 5.74) is 3.68. The highest BCUT2D eigenvalue weighted by Crippen LogP contribution is 2.20. The van der Waals surface area contributed by atoms with Crippen LogP contribution in [0.5, 0.6) is 0 Å². The zero-order valence-electron chi connectivity index (χ0n) is 10.9. The van der Waals surface area contributed by atoms with E-state index in [2.05, 4.69) is 50.0 Å². The molecule has 0 radical (unpaired) electrons. The number of benzene rings is 1. The predicted molar refractivity (Wildman–Crippen MR) is 71.9 cm³/mol. The van der Waals surface area contributed by atoms with Gasteiger partial charge in [-0.05, 0) is 42.2 Å². The summed E-state index contributed by atoms with van der Waals surface area (Å²) in [6.45, 7) is 10.5. The molecule has 1 aromatic heterocycles. The van der Waals surface area contributed by atoms with Gasteiger partial charge >= 0.3 is 0 Å². The van der Waals surface area contributed by atoms with Crippen molar-refractivity contribution in [2.24, 2.45) is 0 Å². The number of pyridine rings is 1. The van der Waals surface area contributed by atoms with Gasteiger partial charge in [-0.2, -0.15) is 0 Å². The molecule has 1 aromatic carbocycles. The van der Waals surface area contributed by atoms with Gasteiger partial charge in [0.05, 0.1) is 5.52 Å². The molecule has 0 saturated carbocycles. The van der Waals surface area contributed by atoms with Crippen molar-refractivity contribution in [2.45, 2.75) is 40.5 Å². The molecule has 2 rings (SSSR count). The lowest BCUT2D eigenvalue weighted by molar-refractivity contribution is 0.868. The van der Waals surface area contributed by atoms with E-state index in [0.29, 0.717) is 5.92 Å². The second kappa shape index (κ2) is 5.64. The lowest BCUT2D eigenvalue weighted by Crippen LogP contribution is -1.88. The Balaban J connectivity index is 0.000000606. The van der Waals surface area contributed by atoms with Crippen molar-refractivity contribution in [3.05, 3.63) is 41.6 Å². The quantitative estimate of drug-likeness (QED) is 0.672. The van der Waals surface area contributed by atoms with Gasteiger partial charge in [-0.25, -0.2) is 0 Å². The molecule has 0 bridgehead atoms. The van der Waals surface area contributed by atoms with E-state index in [1.165, 1.54) is 16.5 Å². The van der Waals surface area contributed by atoms with Crippen LogP contribution in [0.15, 0.2) is 30.5 Å². The van der Waals surface area contributed by atoms with Gasteiger partial charge in [0.1, 0.15) is 0 Å². The van der Waals surface area contributed by atoms with Crippen LogP contribution >= 0.6 is 0 Å². The molecule has 0 saturated heterocycles. The van der Waals surface area contributed by atoms with E-state index in [4.69, 9.17) is 0 Å². The van der Waals surface area contributed by atoms with Crippen molar-refractivity contribution in [2.75, 3.05) is 0 Å². The fourth-order valence-electron chi connectivity index (χ4n) is 1.62. The first-order valence-electron chi connectivity index (χ1n) is 6.03. The van der Waals surface area contributed by atoms with Crippen LogP contribution < -0.4 is 0 Å². The minimum absolute atomic E-state index is 0.583. The summed E-state index contributed by atoms with van der Waals surface area (Å²) >= 11 is 0. The number of aryl methyl sites for hydroxylation is 1. The zero-order chi connectivity index (χ0) is 12.1. The highest BCUT2D eigenvalue weighted by Gasteiger charge is 2.01. The molecule has 86 valence electrons. The van der Waals surface area contributed by atoms with E-state index in [1.807, 2.05) is 20.0 Å². The topological polar surface area (TPSA) is 12.9 Å². The molecule has 0 unspecified atom stereocenters. The Labute approximate surface area is 98.5 Å². The molecule has 0 aliphatic heterocycles. The second-order valence-electron chi connectivity index (χ2n) is 4.12. The number of hydrogen-bond acceptors (Lipinski definition) is 1. The normalized spacial score (nSPS) is 10.1. The molecule has 0 aliphatic carbocycles. The number of hydrogen-bond donors (Lipinski definition) is 0. The molecule has 0 N–H and O–H groups in total. The molecule has 2 aromatic rings. The average molecular weight is 215 g/mol. The first-order chi connectivity index (χ1) is 7.66. The van der Waals surface area contributed by atoms with Crippen LogP contribution in [-0.4, -0.2) is 4.98 Å². The Kier molecular flexibility index (Phi) is 4.48. The molecule has 1 heteroatoms. The molecule has 0 spiro atoms. The Morgan fingerprint density at radius 1 is 1.06 bits per heavy atom. The number of nitrogens with zero attached hydrogens (tertiary/aromatic N) is 1. The first-order valence-corrected chi connectivity index (χ1v) is 6.03. The van der Waals surface area contributed by atoms with E-state index < -0.39 is 0 Å². The van der Waals surface area contributed by atoms with Crippen molar-refractivity contribution in [1.29, 1.82) is 0 Å². The van der Waals surface area contributed by atoms with Gasteiger partial charge < -0.3 is 0 Å². The Morgan fingerprint density at radius 2 is 1.75 bits per heavy atom. The van der Waals surface area contributed by atoms with Crippen molar-refractivity contribution >= 4 is 10.9 Å². The summed E-state index contributed by atoms with van der Waals surface area (Å²) in [4.78, 5) is 4.38. The van der Waals surface area contributed by atoms with E-state index in [0.717, 1.165) is 5.52 Å². The molecule has 1 nitrogen and oxygen atoms in total. The zero-order valence-corrected chi connectivity index (χ0v) is 10.9. The van der Waals surface area contributed by atoms with Gasteiger partial charge in [-0.15, -0.1) is 0 Å². The lowest BCUT2D eigenvalue weighted by Gasteiger charge is -2.06. The molecule has 0 atom stereocenters. The second-order valence-corrected chi connectivity index (χ2v) is 4.12. The lowest BCUT2D eigenvalue weighted by atomic mass is 10.0. The SMILES string of the molecule is CC.Cc1cnc2ccc(C(C)C)cc2c1. The summed E-state index contributed by atoms with van der Waals surface area (Å²) in [6, 6.07) is 8.69. The predicted octanol–water partition coefficient (Wildman–Crippen LogP) is 4.69. The maximum atomic E-state index is 4.38. The fourth-order valence-corrected chi connectivity index (χ4v) is 1.62. The van der Waals surface area contributed by atoms with Crippen LogP contribution in [0.1, 0.15) is 44.7 Å². The number of fused-ring (bicyclic) bond motifs is 1. The molecule has 16 heavy (non-hydrogen) atoms. The van der Waals surface area contributed by atoms with E-state index in [1.54, 1.807) is 0 Å². The monoisotopic (exact) mass is 215 g/mol. The van der Waals surface area contributed by atoms with E-state index in [-0.39, 0.29) is 0 Å². The minimum atomic E-state index is 0.583. The van der Waals surface area contributed by atoms with Crippen molar-refractivity contribution in [3.63, 3.8) is 0 Å². The van der Waals surface area contributed by atoms with E-state index in [9.17, 15) is 0 Å². The Hall–Kier alpha value is -1.37. The van der Waals surface area contributed by atoms with Crippen LogP contribution in [0.25, 0.3) is 10.9 Å². The fraction of sp³-hybridized carbons (Fsp3) is 0.400. The van der Waals surface area contributed by atoms with Crippen LogP contribution in [0.3, 0.4) is 0 Å². The molecule has 1 heterocycles. The summed E-state index contributed by atoms with van der Waals surface area (Å²) in [7, 11) is 0. The minimum Gasteiger partial charge on any atom is -0.256 e. The molecule has 0 fully saturated rings. The van der Waals surface area contributed by atoms with Gasteiger partial charge in [-0.3, -0.25) is 4.98 Å². The van der Waals surface area contributed by atoms with Gasteiger partial charge in [-0.1, -0.05) is 33.8 Å². The molecule has 0 amide bonds. The van der Waals surface area contributed by atoms with Gasteiger partial charge in [0, 0.05) is 11.6 Å². The van der Waals surface area contributed by atoms with Gasteiger partial charge in [0.2, 0.25) is 0 Å². The van der Waals surface area contributed by atoms with E-state index >= 15 is 0 Å². The third-order valence-corrected chi connectivity index (χ3v) is 2.51. The number of rotatable bonds is 1. The molecule has 0 aliphatic rings. The average Bonchev–Trinajstić information content (AvgIpc) is 2.30. The van der Waals surface area contributed by atoms with Crippen molar-refractivity contribution < 1.29 is 0 Å². The number of aromatic nitrogens is 1. The van der Waals surface area contributed by atoms with Gasteiger partial charge in [0.25, 0.3) is 0 Å². The van der Waals surface area contributed by atoms with Crippen molar-refractivity contribution in [3.8, 4) is 0 Å². The van der Waals surface area contributed by atoms with Crippen molar-refractivity contribution in [1.82, 2.24) is 4.98 Å². The van der Waals surface area contributed by atoms with Crippen LogP contribution in [0.4, 0.5) is 0 Å². The van der Waals surface area contributed by atoms with Crippen LogP contribution in [0, 0.1) is 6.92 Å². The maximum absolute atomic E-state index is 4.38. The summed E-state index contributed by atoms with van der Waals surface area (Å²) in [6.07, 6.45) is 1.91. The summed E-state index contributed by atoms with van der Waals surface area (Å²) in [5.74, 6) is 0.583. The highest BCUT2D eigenvalue weighted by molar-refractivity contribution is 5.79.